The van der Waals surface area contributed by atoms with Crippen LogP contribution in [-0.2, 0) is 25.8 Å². The maximum Gasteiger partial charge on any atom is 0.338 e. The van der Waals surface area contributed by atoms with Crippen LogP contribution < -0.4 is 0 Å². The summed E-state index contributed by atoms with van der Waals surface area (Å²) in [5, 5.41) is 0. The number of ether oxygens (including phenoxy) is 1. The second kappa shape index (κ2) is 9.07. The molecule has 28 heavy (non-hydrogen) atoms. The fourth-order valence-corrected chi connectivity index (χ4v) is 5.93. The lowest BCUT2D eigenvalue weighted by Gasteiger charge is -2.38. The van der Waals surface area contributed by atoms with Crippen LogP contribution in [0, 0.1) is 0 Å². The summed E-state index contributed by atoms with van der Waals surface area (Å²) < 4.78 is 29.1. The highest BCUT2D eigenvalue weighted by Crippen LogP contribution is 2.28. The third-order valence-corrected chi connectivity index (χ3v) is 7.53. The average Bonchev–Trinajstić information content (AvgIpc) is 3.06. The Hall–Kier alpha value is -1.89. The van der Waals surface area contributed by atoms with Gasteiger partial charge in [0, 0.05) is 12.1 Å². The molecule has 1 unspecified atom stereocenters. The van der Waals surface area contributed by atoms with Crippen LogP contribution in [0.1, 0.15) is 61.4 Å². The fraction of sp³-hybridized carbons (Fsp3) is 0.619. The first-order valence-corrected chi connectivity index (χ1v) is 12.0. The van der Waals surface area contributed by atoms with Crippen LogP contribution in [0.4, 0.5) is 0 Å². The van der Waals surface area contributed by atoms with E-state index in [2.05, 4.69) is 0 Å². The van der Waals surface area contributed by atoms with Gasteiger partial charge in [-0.25, -0.2) is 13.2 Å². The van der Waals surface area contributed by atoms with E-state index in [9.17, 15) is 18.0 Å². The van der Waals surface area contributed by atoms with Crippen LogP contribution in [-0.4, -0.2) is 55.4 Å². The standard InChI is InChI=1S/C21H29NO5S/c1-2-16-8-10-17(11-9-16)21(24)27-14-20(23)22(18-6-4-3-5-7-18)19-12-13-28(25,26)15-19/h8-11,18-19H,2-7,12-15H2,1H3. The normalized spacial score (nSPS) is 22.0. The van der Waals surface area contributed by atoms with Crippen molar-refractivity contribution in [3.05, 3.63) is 35.4 Å². The zero-order valence-electron chi connectivity index (χ0n) is 16.4. The van der Waals surface area contributed by atoms with Gasteiger partial charge >= 0.3 is 5.97 Å². The van der Waals surface area contributed by atoms with Gasteiger partial charge in [0.25, 0.3) is 5.91 Å². The molecule has 0 bridgehead atoms. The van der Waals surface area contributed by atoms with Gasteiger partial charge in [-0.3, -0.25) is 4.79 Å². The number of amides is 1. The average molecular weight is 408 g/mol. The molecular weight excluding hydrogens is 378 g/mol. The second-order valence-electron chi connectivity index (χ2n) is 7.78. The summed E-state index contributed by atoms with van der Waals surface area (Å²) in [5.41, 5.74) is 1.54. The van der Waals surface area contributed by atoms with Gasteiger partial charge in [-0.1, -0.05) is 38.3 Å². The molecule has 1 saturated heterocycles. The number of sulfone groups is 1. The Morgan fingerprint density at radius 1 is 1.04 bits per heavy atom. The topological polar surface area (TPSA) is 80.8 Å². The molecule has 0 aromatic heterocycles. The van der Waals surface area contributed by atoms with Crippen molar-refractivity contribution < 1.29 is 22.7 Å². The number of nitrogens with zero attached hydrogens (tertiary/aromatic N) is 1. The zero-order chi connectivity index (χ0) is 20.1. The molecule has 1 aliphatic carbocycles. The zero-order valence-corrected chi connectivity index (χ0v) is 17.2. The van der Waals surface area contributed by atoms with E-state index in [1.54, 1.807) is 17.0 Å². The summed E-state index contributed by atoms with van der Waals surface area (Å²) in [7, 11) is -3.10. The van der Waals surface area contributed by atoms with Crippen molar-refractivity contribution in [1.29, 1.82) is 0 Å². The van der Waals surface area contributed by atoms with E-state index in [4.69, 9.17) is 4.74 Å². The van der Waals surface area contributed by atoms with Crippen molar-refractivity contribution in [3.63, 3.8) is 0 Å². The van der Waals surface area contributed by atoms with Gasteiger partial charge in [-0.15, -0.1) is 0 Å². The van der Waals surface area contributed by atoms with E-state index >= 15 is 0 Å². The van der Waals surface area contributed by atoms with Crippen LogP contribution in [0.15, 0.2) is 24.3 Å². The predicted octanol–water partition coefficient (Wildman–Crippen LogP) is 2.75. The Morgan fingerprint density at radius 3 is 2.29 bits per heavy atom. The molecule has 0 spiro atoms. The highest BCUT2D eigenvalue weighted by atomic mass is 32.2. The molecule has 1 aliphatic heterocycles. The minimum atomic E-state index is -3.10. The first kappa shape index (κ1) is 20.8. The Labute approximate surface area is 167 Å². The molecule has 1 heterocycles. The Bertz CT molecular complexity index is 797. The molecule has 1 aromatic rings. The van der Waals surface area contributed by atoms with E-state index in [0.29, 0.717) is 12.0 Å². The second-order valence-corrected chi connectivity index (χ2v) is 10.0. The molecular formula is C21H29NO5S. The van der Waals surface area contributed by atoms with Crippen molar-refractivity contribution >= 4 is 21.7 Å². The number of benzene rings is 1. The van der Waals surface area contributed by atoms with Crippen molar-refractivity contribution in [2.45, 2.75) is 64.0 Å². The smallest absolute Gasteiger partial charge is 0.338 e. The molecule has 3 rings (SSSR count). The minimum absolute atomic E-state index is 0.0155. The van der Waals surface area contributed by atoms with Crippen LogP contribution in [0.3, 0.4) is 0 Å². The monoisotopic (exact) mass is 407 g/mol. The summed E-state index contributed by atoms with van der Waals surface area (Å²) in [5.74, 6) is -0.675. The van der Waals surface area contributed by atoms with Crippen molar-refractivity contribution in [2.75, 3.05) is 18.1 Å². The summed E-state index contributed by atoms with van der Waals surface area (Å²) in [6, 6.07) is 6.89. The maximum absolute atomic E-state index is 12.9. The lowest BCUT2D eigenvalue weighted by molar-refractivity contribution is -0.140. The molecule has 0 N–H and O–H groups in total. The highest BCUT2D eigenvalue weighted by Gasteiger charge is 2.38. The number of hydrogen-bond acceptors (Lipinski definition) is 5. The van der Waals surface area contributed by atoms with E-state index in [1.807, 2.05) is 19.1 Å². The van der Waals surface area contributed by atoms with E-state index in [-0.39, 0.29) is 36.1 Å². The summed E-state index contributed by atoms with van der Waals surface area (Å²) in [6.07, 6.45) is 6.34. The first-order valence-electron chi connectivity index (χ1n) is 10.2. The van der Waals surface area contributed by atoms with Crippen LogP contribution >= 0.6 is 0 Å². The van der Waals surface area contributed by atoms with E-state index in [1.165, 1.54) is 0 Å². The summed E-state index contributed by atoms with van der Waals surface area (Å²) in [4.78, 5) is 26.9. The van der Waals surface area contributed by atoms with Gasteiger partial charge in [0.15, 0.2) is 16.4 Å². The third kappa shape index (κ3) is 5.13. The molecule has 1 amide bonds. The number of carbonyl (C=O) groups excluding carboxylic acids is 2. The van der Waals surface area contributed by atoms with Crippen LogP contribution in [0.5, 0.6) is 0 Å². The Kier molecular flexibility index (Phi) is 6.75. The molecule has 154 valence electrons. The van der Waals surface area contributed by atoms with Gasteiger partial charge in [-0.2, -0.15) is 0 Å². The Balaban J connectivity index is 1.65. The van der Waals surface area contributed by atoms with E-state index < -0.39 is 15.8 Å². The minimum Gasteiger partial charge on any atom is -0.452 e. The SMILES string of the molecule is CCc1ccc(C(=O)OCC(=O)N(C2CCCCC2)C2CCS(=O)(=O)C2)cc1. The Morgan fingerprint density at radius 2 is 1.71 bits per heavy atom. The number of aryl methyl sites for hydroxylation is 1. The molecule has 7 heteroatoms. The fourth-order valence-electron chi connectivity index (χ4n) is 4.22. The molecule has 2 fully saturated rings. The number of carbonyl (C=O) groups is 2. The van der Waals surface area contributed by atoms with Gasteiger partial charge in [0.2, 0.25) is 0 Å². The van der Waals surface area contributed by atoms with Crippen LogP contribution in [0.25, 0.3) is 0 Å². The molecule has 1 atom stereocenters. The predicted molar refractivity (Wildman–Crippen MR) is 107 cm³/mol. The van der Waals surface area contributed by atoms with Crippen molar-refractivity contribution in [2.24, 2.45) is 0 Å². The highest BCUT2D eigenvalue weighted by molar-refractivity contribution is 7.91. The van der Waals surface area contributed by atoms with Crippen LogP contribution in [0.2, 0.25) is 0 Å². The van der Waals surface area contributed by atoms with Crippen molar-refractivity contribution in [3.8, 4) is 0 Å². The number of esters is 1. The summed E-state index contributed by atoms with van der Waals surface area (Å²) in [6.45, 7) is 1.69. The molecule has 1 aromatic carbocycles. The van der Waals surface area contributed by atoms with Crippen molar-refractivity contribution in [1.82, 2.24) is 4.90 Å². The molecule has 0 radical (unpaired) electrons. The van der Waals surface area contributed by atoms with Gasteiger partial charge in [-0.05, 0) is 43.4 Å². The number of rotatable bonds is 6. The lowest BCUT2D eigenvalue weighted by Crippen LogP contribution is -2.50. The number of hydrogen-bond donors (Lipinski definition) is 0. The quantitative estimate of drug-likeness (QED) is 0.678. The first-order chi connectivity index (χ1) is 13.4. The third-order valence-electron chi connectivity index (χ3n) is 5.78. The lowest BCUT2D eigenvalue weighted by atomic mass is 9.93. The maximum atomic E-state index is 12.9. The molecule has 1 saturated carbocycles. The largest absolute Gasteiger partial charge is 0.452 e. The van der Waals surface area contributed by atoms with Gasteiger partial charge in [0.05, 0.1) is 17.1 Å². The van der Waals surface area contributed by atoms with E-state index in [0.717, 1.165) is 44.1 Å². The van der Waals surface area contributed by atoms with Gasteiger partial charge in [0.1, 0.15) is 0 Å². The molecule has 2 aliphatic rings. The molecule has 6 nitrogen and oxygen atoms in total. The summed E-state index contributed by atoms with van der Waals surface area (Å²) >= 11 is 0. The van der Waals surface area contributed by atoms with Gasteiger partial charge < -0.3 is 9.64 Å².